The van der Waals surface area contributed by atoms with E-state index in [1.807, 2.05) is 35.2 Å². The van der Waals surface area contributed by atoms with Gasteiger partial charge in [-0.25, -0.2) is 4.79 Å². The summed E-state index contributed by atoms with van der Waals surface area (Å²) in [5.74, 6) is 0.141. The number of amides is 3. The number of halogens is 1. The molecule has 8 heteroatoms. The van der Waals surface area contributed by atoms with Gasteiger partial charge in [-0.3, -0.25) is 9.69 Å². The van der Waals surface area contributed by atoms with Crippen molar-refractivity contribution in [2.45, 2.75) is 63.5 Å². The van der Waals surface area contributed by atoms with E-state index in [-0.39, 0.29) is 18.0 Å². The Balaban J connectivity index is 1.13. The molecule has 0 bridgehead atoms. The molecule has 0 atom stereocenters. The van der Waals surface area contributed by atoms with Crippen LogP contribution in [0.4, 0.5) is 16.2 Å². The Kier molecular flexibility index (Phi) is 9.07. The second-order valence-corrected chi connectivity index (χ2v) is 11.3. The molecule has 2 N–H and O–H groups in total. The first-order chi connectivity index (χ1) is 18.6. The molecule has 0 radical (unpaired) electrons. The van der Waals surface area contributed by atoms with Crippen LogP contribution in [0.1, 0.15) is 61.7 Å². The number of para-hydroxylation sites is 1. The molecule has 0 spiro atoms. The van der Waals surface area contributed by atoms with Crippen LogP contribution in [-0.4, -0.2) is 73.1 Å². The Labute approximate surface area is 231 Å². The molecule has 2 aliphatic heterocycles. The van der Waals surface area contributed by atoms with Crippen LogP contribution in [-0.2, 0) is 0 Å². The lowest BCUT2D eigenvalue weighted by molar-refractivity contribution is 0.0552. The minimum atomic E-state index is -0.218. The lowest BCUT2D eigenvalue weighted by Gasteiger charge is -2.40. The molecule has 0 aromatic heterocycles. The molecule has 38 heavy (non-hydrogen) atoms. The van der Waals surface area contributed by atoms with E-state index in [4.69, 9.17) is 11.6 Å². The summed E-state index contributed by atoms with van der Waals surface area (Å²) in [6, 6.07) is 15.7. The SMILES string of the molecule is O=C(Nc1cccc(Cl)c1)NC1CCN(c2ccccc2C(=O)N2CCN(C3CCCCCC3)CC2)CC1. The molecule has 5 rings (SSSR count). The van der Waals surface area contributed by atoms with Crippen molar-refractivity contribution in [1.82, 2.24) is 15.1 Å². The number of carbonyl (C=O) groups excluding carboxylic acids is 2. The summed E-state index contributed by atoms with van der Waals surface area (Å²) in [5.41, 5.74) is 2.47. The summed E-state index contributed by atoms with van der Waals surface area (Å²) in [5, 5.41) is 6.53. The maximum absolute atomic E-state index is 13.6. The van der Waals surface area contributed by atoms with Crippen LogP contribution in [0.5, 0.6) is 0 Å². The highest BCUT2D eigenvalue weighted by Crippen LogP contribution is 2.27. The van der Waals surface area contributed by atoms with Gasteiger partial charge in [0.05, 0.1) is 5.56 Å². The maximum Gasteiger partial charge on any atom is 0.319 e. The molecule has 3 fully saturated rings. The van der Waals surface area contributed by atoms with Gasteiger partial charge in [0.15, 0.2) is 0 Å². The van der Waals surface area contributed by atoms with E-state index in [0.717, 1.165) is 63.4 Å². The van der Waals surface area contributed by atoms with Crippen LogP contribution in [0.3, 0.4) is 0 Å². The van der Waals surface area contributed by atoms with Gasteiger partial charge in [0.25, 0.3) is 5.91 Å². The Morgan fingerprint density at radius 2 is 1.50 bits per heavy atom. The third-order valence-electron chi connectivity index (χ3n) is 8.33. The van der Waals surface area contributed by atoms with Crippen molar-refractivity contribution in [1.29, 1.82) is 0 Å². The zero-order chi connectivity index (χ0) is 26.3. The largest absolute Gasteiger partial charge is 0.371 e. The topological polar surface area (TPSA) is 67.9 Å². The summed E-state index contributed by atoms with van der Waals surface area (Å²) in [6.07, 6.45) is 9.70. The van der Waals surface area contributed by atoms with Crippen molar-refractivity contribution in [2.24, 2.45) is 0 Å². The molecule has 7 nitrogen and oxygen atoms in total. The fraction of sp³-hybridized carbons (Fsp3) is 0.533. The van der Waals surface area contributed by atoms with E-state index in [0.29, 0.717) is 16.8 Å². The fourth-order valence-electron chi connectivity index (χ4n) is 6.20. The van der Waals surface area contributed by atoms with Gasteiger partial charge < -0.3 is 20.4 Å². The summed E-state index contributed by atoms with van der Waals surface area (Å²) < 4.78 is 0. The average molecular weight is 538 g/mol. The number of piperidine rings is 1. The van der Waals surface area contributed by atoms with Crippen molar-refractivity contribution in [3.05, 3.63) is 59.1 Å². The predicted octanol–water partition coefficient (Wildman–Crippen LogP) is 5.61. The molecule has 2 aromatic rings. The Morgan fingerprint density at radius 1 is 0.789 bits per heavy atom. The van der Waals surface area contributed by atoms with Gasteiger partial charge in [0, 0.05) is 67.7 Å². The van der Waals surface area contributed by atoms with Crippen LogP contribution >= 0.6 is 11.6 Å². The van der Waals surface area contributed by atoms with Crippen molar-refractivity contribution in [3.8, 4) is 0 Å². The number of piperazine rings is 1. The summed E-state index contributed by atoms with van der Waals surface area (Å²) >= 11 is 6.02. The number of carbonyl (C=O) groups is 2. The molecule has 3 amide bonds. The van der Waals surface area contributed by atoms with Crippen LogP contribution in [0.25, 0.3) is 0 Å². The van der Waals surface area contributed by atoms with E-state index >= 15 is 0 Å². The van der Waals surface area contributed by atoms with E-state index in [9.17, 15) is 9.59 Å². The van der Waals surface area contributed by atoms with E-state index < -0.39 is 0 Å². The standard InChI is InChI=1S/C30H40ClN5O2/c31-23-8-7-9-25(22-23)33-30(38)32-24-14-16-35(17-15-24)28-13-6-5-12-27(28)29(37)36-20-18-34(19-21-36)26-10-3-1-2-4-11-26/h5-9,12-13,22,24,26H,1-4,10-11,14-21H2,(H2,32,33,38). The second-order valence-electron chi connectivity index (χ2n) is 10.9. The first-order valence-electron chi connectivity index (χ1n) is 14.3. The number of nitrogens with one attached hydrogen (secondary N) is 2. The van der Waals surface area contributed by atoms with Crippen LogP contribution in [0.2, 0.25) is 5.02 Å². The Hall–Kier alpha value is -2.77. The zero-order valence-corrected chi connectivity index (χ0v) is 23.0. The second kappa shape index (κ2) is 12.9. The molecule has 1 aliphatic carbocycles. The van der Waals surface area contributed by atoms with Gasteiger partial charge in [-0.2, -0.15) is 0 Å². The van der Waals surface area contributed by atoms with Crippen LogP contribution in [0, 0.1) is 0 Å². The number of rotatable bonds is 5. The van der Waals surface area contributed by atoms with Crippen molar-refractivity contribution < 1.29 is 9.59 Å². The first-order valence-corrected chi connectivity index (χ1v) is 14.6. The average Bonchev–Trinajstić information content (AvgIpc) is 3.23. The van der Waals surface area contributed by atoms with Gasteiger partial charge in [-0.15, -0.1) is 0 Å². The summed E-state index contributed by atoms with van der Waals surface area (Å²) in [6.45, 7) is 5.15. The minimum absolute atomic E-state index is 0.0883. The number of anilines is 2. The first kappa shape index (κ1) is 26.8. The van der Waals surface area contributed by atoms with Crippen LogP contribution in [0.15, 0.2) is 48.5 Å². The number of hydrogen-bond acceptors (Lipinski definition) is 4. The molecule has 3 aliphatic rings. The monoisotopic (exact) mass is 537 g/mol. The highest BCUT2D eigenvalue weighted by atomic mass is 35.5. The summed E-state index contributed by atoms with van der Waals surface area (Å²) in [4.78, 5) is 33.0. The van der Waals surface area contributed by atoms with Gasteiger partial charge in [-0.05, 0) is 56.0 Å². The summed E-state index contributed by atoms with van der Waals surface area (Å²) in [7, 11) is 0. The van der Waals surface area contributed by atoms with Gasteiger partial charge in [0.2, 0.25) is 0 Å². The third-order valence-corrected chi connectivity index (χ3v) is 8.57. The minimum Gasteiger partial charge on any atom is -0.371 e. The predicted molar refractivity (Wildman–Crippen MR) is 154 cm³/mol. The number of nitrogens with zero attached hydrogens (tertiary/aromatic N) is 3. The van der Waals surface area contributed by atoms with Crippen molar-refractivity contribution >= 4 is 34.9 Å². The van der Waals surface area contributed by atoms with Gasteiger partial charge >= 0.3 is 6.03 Å². The highest BCUT2D eigenvalue weighted by molar-refractivity contribution is 6.30. The smallest absolute Gasteiger partial charge is 0.319 e. The molecule has 2 aromatic carbocycles. The number of urea groups is 1. The van der Waals surface area contributed by atoms with Gasteiger partial charge in [-0.1, -0.05) is 55.5 Å². The van der Waals surface area contributed by atoms with Crippen LogP contribution < -0.4 is 15.5 Å². The molecule has 0 unspecified atom stereocenters. The molecule has 204 valence electrons. The Bertz CT molecular complexity index is 1090. The molecular formula is C30H40ClN5O2. The molecular weight excluding hydrogens is 498 g/mol. The van der Waals surface area contributed by atoms with Crippen molar-refractivity contribution in [2.75, 3.05) is 49.5 Å². The molecule has 2 saturated heterocycles. The lowest BCUT2D eigenvalue weighted by atomic mass is 10.0. The normalized spacial score (nSPS) is 20.1. The van der Waals surface area contributed by atoms with E-state index in [1.54, 1.807) is 12.1 Å². The van der Waals surface area contributed by atoms with E-state index in [1.165, 1.54) is 38.5 Å². The van der Waals surface area contributed by atoms with Gasteiger partial charge in [0.1, 0.15) is 0 Å². The van der Waals surface area contributed by atoms with Crippen molar-refractivity contribution in [3.63, 3.8) is 0 Å². The van der Waals surface area contributed by atoms with E-state index in [2.05, 4.69) is 26.5 Å². The number of benzene rings is 2. The highest BCUT2D eigenvalue weighted by Gasteiger charge is 2.29. The molecule has 1 saturated carbocycles. The zero-order valence-electron chi connectivity index (χ0n) is 22.2. The maximum atomic E-state index is 13.6. The quantitative estimate of drug-likeness (QED) is 0.486. The molecule has 2 heterocycles. The Morgan fingerprint density at radius 3 is 2.21 bits per heavy atom. The fourth-order valence-corrected chi connectivity index (χ4v) is 6.39. The third kappa shape index (κ3) is 6.80. The number of hydrogen-bond donors (Lipinski definition) is 2. The lowest BCUT2D eigenvalue weighted by Crippen LogP contribution is -2.52.